The number of rotatable bonds is 5. The Morgan fingerprint density at radius 1 is 1.58 bits per heavy atom. The van der Waals surface area contributed by atoms with Crippen LogP contribution in [0.4, 0.5) is 0 Å². The lowest BCUT2D eigenvalue weighted by Gasteiger charge is -2.03. The normalized spacial score (nSPS) is 20.7. The van der Waals surface area contributed by atoms with Crippen LogP contribution in [-0.4, -0.2) is 30.0 Å². The average Bonchev–Trinajstić information content (AvgIpc) is 3.07. The van der Waals surface area contributed by atoms with E-state index in [1.54, 1.807) is 0 Å². The number of esters is 2. The Morgan fingerprint density at radius 3 is 2.89 bits per heavy atom. The molecule has 1 aromatic rings. The molecule has 2 atom stereocenters. The highest BCUT2D eigenvalue weighted by atomic mass is 16.6. The first-order chi connectivity index (χ1) is 9.04. The Hall–Kier alpha value is -2.38. The van der Waals surface area contributed by atoms with Crippen LogP contribution in [0.3, 0.4) is 0 Å². The van der Waals surface area contributed by atoms with Crippen LogP contribution in [0.15, 0.2) is 16.7 Å². The highest BCUT2D eigenvalue weighted by Gasteiger charge is 2.54. The largest absolute Gasteiger partial charge is 0.463 e. The van der Waals surface area contributed by atoms with Gasteiger partial charge >= 0.3 is 11.9 Å². The van der Waals surface area contributed by atoms with Crippen molar-refractivity contribution in [1.29, 1.82) is 0 Å². The molecule has 0 radical (unpaired) electrons. The van der Waals surface area contributed by atoms with Crippen molar-refractivity contribution in [1.82, 2.24) is 0 Å². The minimum Gasteiger partial charge on any atom is -0.463 e. The maximum atomic E-state index is 11.5. The average molecular weight is 269 g/mol. The molecule has 0 bridgehead atoms. The van der Waals surface area contributed by atoms with Gasteiger partial charge in [-0.25, -0.2) is 4.79 Å². The fourth-order valence-corrected chi connectivity index (χ4v) is 1.64. The zero-order valence-electron chi connectivity index (χ0n) is 10.0. The van der Waals surface area contributed by atoms with Crippen LogP contribution in [0.25, 0.3) is 0 Å². The van der Waals surface area contributed by atoms with E-state index < -0.39 is 28.8 Å². The minimum absolute atomic E-state index is 0.0445. The van der Waals surface area contributed by atoms with Gasteiger partial charge < -0.3 is 13.9 Å². The Balaban J connectivity index is 1.90. The molecule has 0 amide bonds. The van der Waals surface area contributed by atoms with Crippen LogP contribution < -0.4 is 0 Å². The molecule has 2 unspecified atom stereocenters. The Morgan fingerprint density at radius 2 is 2.32 bits per heavy atom. The summed E-state index contributed by atoms with van der Waals surface area (Å²) in [6.45, 7) is -0.180. The summed E-state index contributed by atoms with van der Waals surface area (Å²) >= 11 is 0. The lowest BCUT2D eigenvalue weighted by atomic mass is 10.2. The molecule has 8 nitrogen and oxygen atoms in total. The van der Waals surface area contributed by atoms with Crippen molar-refractivity contribution in [2.24, 2.45) is 5.92 Å². The van der Waals surface area contributed by atoms with Crippen molar-refractivity contribution in [3.63, 3.8) is 0 Å². The van der Waals surface area contributed by atoms with E-state index in [-0.39, 0.29) is 18.8 Å². The summed E-state index contributed by atoms with van der Waals surface area (Å²) < 4.78 is 14.3. The molecule has 1 aliphatic rings. The van der Waals surface area contributed by atoms with Gasteiger partial charge in [0.15, 0.2) is 0 Å². The fraction of sp³-hybridized carbons (Fsp3) is 0.455. The highest BCUT2D eigenvalue weighted by molar-refractivity contribution is 5.87. The number of hydrogen-bond acceptors (Lipinski definition) is 7. The Bertz CT molecular complexity index is 521. The van der Waals surface area contributed by atoms with Crippen LogP contribution in [0.1, 0.15) is 22.5 Å². The van der Waals surface area contributed by atoms with Crippen LogP contribution in [0.2, 0.25) is 0 Å². The quantitative estimate of drug-likeness (QED) is 0.441. The van der Waals surface area contributed by atoms with Gasteiger partial charge in [-0.15, -0.1) is 0 Å². The fourth-order valence-electron chi connectivity index (χ4n) is 1.64. The van der Waals surface area contributed by atoms with E-state index >= 15 is 0 Å². The second kappa shape index (κ2) is 5.09. The first kappa shape index (κ1) is 13.1. The van der Waals surface area contributed by atoms with Gasteiger partial charge in [-0.2, -0.15) is 0 Å². The maximum absolute atomic E-state index is 11.5. The summed E-state index contributed by atoms with van der Waals surface area (Å²) in [5.41, 5.74) is 0.360. The summed E-state index contributed by atoms with van der Waals surface area (Å²) in [6, 6.07) is 0.620. The van der Waals surface area contributed by atoms with Crippen molar-refractivity contribution in [2.75, 3.05) is 7.11 Å². The third-order valence-electron chi connectivity index (χ3n) is 2.82. The van der Waals surface area contributed by atoms with Crippen LogP contribution >= 0.6 is 0 Å². The van der Waals surface area contributed by atoms with E-state index in [2.05, 4.69) is 4.74 Å². The standard InChI is InChI=1S/C11H11NO7/c1-17-11(14)9-6(2-3-18-9)5-19-10(13)7-4-8(7)12(15)16/h2-3,7-8H,4-5H2,1H3. The predicted molar refractivity (Wildman–Crippen MR) is 58.7 cm³/mol. The number of carbonyl (C=O) groups is 2. The number of methoxy groups -OCH3 is 1. The van der Waals surface area contributed by atoms with Crippen molar-refractivity contribution >= 4 is 11.9 Å². The third kappa shape index (κ3) is 2.72. The third-order valence-corrected chi connectivity index (χ3v) is 2.82. The van der Waals surface area contributed by atoms with Crippen LogP contribution in [0, 0.1) is 16.0 Å². The molecule has 8 heteroatoms. The SMILES string of the molecule is COC(=O)c1occc1COC(=O)C1CC1[N+](=O)[O-]. The summed E-state index contributed by atoms with van der Waals surface area (Å²) in [6.07, 6.45) is 1.47. The molecule has 1 heterocycles. The van der Waals surface area contributed by atoms with E-state index in [4.69, 9.17) is 9.15 Å². The zero-order valence-corrected chi connectivity index (χ0v) is 10.0. The topological polar surface area (TPSA) is 109 Å². The minimum atomic E-state index is -0.850. The van der Waals surface area contributed by atoms with Crippen LogP contribution in [0.5, 0.6) is 0 Å². The molecule has 0 aliphatic heterocycles. The summed E-state index contributed by atoms with van der Waals surface area (Å²) in [7, 11) is 1.20. The van der Waals surface area contributed by atoms with E-state index in [9.17, 15) is 19.7 Å². The van der Waals surface area contributed by atoms with E-state index in [1.807, 2.05) is 0 Å². The molecule has 102 valence electrons. The number of hydrogen-bond donors (Lipinski definition) is 0. The Labute approximate surface area is 107 Å². The maximum Gasteiger partial charge on any atom is 0.374 e. The molecule has 2 rings (SSSR count). The highest BCUT2D eigenvalue weighted by Crippen LogP contribution is 2.34. The smallest absolute Gasteiger partial charge is 0.374 e. The van der Waals surface area contributed by atoms with Gasteiger partial charge in [0.25, 0.3) is 0 Å². The molecular formula is C11H11NO7. The summed E-state index contributed by atoms with van der Waals surface area (Å²) in [5, 5.41) is 10.4. The second-order valence-electron chi connectivity index (χ2n) is 4.07. The molecule has 1 fully saturated rings. The van der Waals surface area contributed by atoms with Crippen molar-refractivity contribution in [2.45, 2.75) is 19.1 Å². The van der Waals surface area contributed by atoms with Crippen molar-refractivity contribution < 1.29 is 28.4 Å². The molecular weight excluding hydrogens is 258 g/mol. The van der Waals surface area contributed by atoms with E-state index in [1.165, 1.54) is 19.4 Å². The number of carbonyl (C=O) groups excluding carboxylic acids is 2. The summed E-state index contributed by atoms with van der Waals surface area (Å²) in [4.78, 5) is 32.7. The van der Waals surface area contributed by atoms with Gasteiger partial charge in [0.1, 0.15) is 12.5 Å². The first-order valence-corrected chi connectivity index (χ1v) is 5.49. The Kier molecular flexibility index (Phi) is 3.50. The monoisotopic (exact) mass is 269 g/mol. The molecule has 0 spiro atoms. The number of nitrogens with zero attached hydrogens (tertiary/aromatic N) is 1. The first-order valence-electron chi connectivity index (χ1n) is 5.49. The van der Waals surface area contributed by atoms with Crippen molar-refractivity contribution in [3.8, 4) is 0 Å². The van der Waals surface area contributed by atoms with Gasteiger partial charge in [-0.3, -0.25) is 14.9 Å². The van der Waals surface area contributed by atoms with E-state index in [0.29, 0.717) is 5.56 Å². The van der Waals surface area contributed by atoms with Crippen molar-refractivity contribution in [3.05, 3.63) is 33.8 Å². The molecule has 0 N–H and O–H groups in total. The molecule has 0 saturated heterocycles. The zero-order chi connectivity index (χ0) is 14.0. The van der Waals surface area contributed by atoms with Gasteiger partial charge in [-0.1, -0.05) is 0 Å². The molecule has 19 heavy (non-hydrogen) atoms. The summed E-state index contributed by atoms with van der Waals surface area (Å²) in [5.74, 6) is -2.05. The predicted octanol–water partition coefficient (Wildman–Crippen LogP) is 0.775. The van der Waals surface area contributed by atoms with Gasteiger partial charge in [0.05, 0.1) is 13.4 Å². The molecule has 1 saturated carbocycles. The molecule has 1 aromatic heterocycles. The second-order valence-corrected chi connectivity index (χ2v) is 4.07. The van der Waals surface area contributed by atoms with Crippen LogP contribution in [-0.2, 0) is 20.9 Å². The van der Waals surface area contributed by atoms with Gasteiger partial charge in [0.2, 0.25) is 11.8 Å². The van der Waals surface area contributed by atoms with E-state index in [0.717, 1.165) is 0 Å². The number of ether oxygens (including phenoxy) is 2. The molecule has 0 aromatic carbocycles. The lowest BCUT2D eigenvalue weighted by molar-refractivity contribution is -0.497. The molecule has 1 aliphatic carbocycles. The van der Waals surface area contributed by atoms with Gasteiger partial charge in [0, 0.05) is 16.9 Å². The number of nitro groups is 1. The lowest BCUT2D eigenvalue weighted by Crippen LogP contribution is -2.14. The number of furan rings is 1. The van der Waals surface area contributed by atoms with Gasteiger partial charge in [-0.05, 0) is 6.07 Å².